The van der Waals surface area contributed by atoms with Gasteiger partial charge >= 0.3 is 5.69 Å². The van der Waals surface area contributed by atoms with Crippen LogP contribution in [0.4, 0.5) is 11.4 Å². The number of anilines is 1. The van der Waals surface area contributed by atoms with E-state index in [2.05, 4.69) is 15.8 Å². The van der Waals surface area contributed by atoms with Crippen LogP contribution >= 0.6 is 12.2 Å². The van der Waals surface area contributed by atoms with Crippen molar-refractivity contribution in [3.8, 4) is 11.5 Å². The van der Waals surface area contributed by atoms with Gasteiger partial charge in [0.15, 0.2) is 12.0 Å². The van der Waals surface area contributed by atoms with Gasteiger partial charge in [0.2, 0.25) is 10.9 Å². The number of nitrogens with zero attached hydrogens (tertiary/aromatic N) is 1. The molecule has 0 amide bonds. The van der Waals surface area contributed by atoms with Gasteiger partial charge in [-0.25, -0.2) is 0 Å². The largest absolute Gasteiger partial charge is 0.500 e. The molecule has 0 saturated carbocycles. The molecule has 0 saturated heterocycles. The number of hydrogen-bond donors (Lipinski definition) is 4. The predicted molar refractivity (Wildman–Crippen MR) is 97.9 cm³/mol. The molecule has 0 aliphatic carbocycles. The fraction of sp³-hybridized carbons (Fsp3) is 0.125. The van der Waals surface area contributed by atoms with Gasteiger partial charge in [0, 0.05) is 11.8 Å². The van der Waals surface area contributed by atoms with Gasteiger partial charge in [-0.05, 0) is 37.3 Å². The monoisotopic (exact) mass is 361 g/mol. The lowest BCUT2D eigenvalue weighted by Gasteiger charge is -2.06. The van der Waals surface area contributed by atoms with Crippen molar-refractivity contribution in [1.82, 2.24) is 5.43 Å². The molecular weight excluding hydrogens is 344 g/mol. The number of rotatable bonds is 6. The highest BCUT2D eigenvalue weighted by Gasteiger charge is 2.20. The Balaban J connectivity index is 2.09. The second kappa shape index (κ2) is 8.60. The second-order valence-electron chi connectivity index (χ2n) is 4.81. The number of hydrogen-bond acceptors (Lipinski definition) is 5. The van der Waals surface area contributed by atoms with Gasteiger partial charge in [-0.1, -0.05) is 18.2 Å². The number of phenolic OH excluding ortho intramolecular Hbond substituents is 1. The first-order valence-corrected chi connectivity index (χ1v) is 7.77. The SMILES string of the molecule is CCOc1cc(/C=[NH+]/NC(=S)Nc2ccccc2)cc([N+](=O)[O-])c1O. The standard InChI is InChI=1S/C16H16N4O4S/c1-2-24-14-9-11(8-13(15(14)21)20(22)23)10-17-19-16(25)18-12-6-4-3-5-7-12/h3-10,21H,2H2,1H3,(H2,18,19,25)/p+1/b17-10+. The van der Waals surface area contributed by atoms with E-state index in [9.17, 15) is 15.2 Å². The van der Waals surface area contributed by atoms with Crippen LogP contribution in [0.25, 0.3) is 0 Å². The number of ether oxygens (including phenoxy) is 1. The minimum Gasteiger partial charge on any atom is -0.500 e. The third kappa shape index (κ3) is 5.15. The molecule has 0 aliphatic rings. The zero-order valence-electron chi connectivity index (χ0n) is 13.4. The van der Waals surface area contributed by atoms with E-state index >= 15 is 0 Å². The minimum atomic E-state index is -0.676. The van der Waals surface area contributed by atoms with Gasteiger partial charge in [0.1, 0.15) is 0 Å². The van der Waals surface area contributed by atoms with E-state index in [0.717, 1.165) is 5.69 Å². The third-order valence-corrected chi connectivity index (χ3v) is 3.23. The molecule has 0 aromatic heterocycles. The summed E-state index contributed by atoms with van der Waals surface area (Å²) >= 11 is 5.13. The van der Waals surface area contributed by atoms with Crippen molar-refractivity contribution in [2.24, 2.45) is 0 Å². The maximum absolute atomic E-state index is 11.0. The maximum Gasteiger partial charge on any atom is 0.315 e. The fourth-order valence-electron chi connectivity index (χ4n) is 1.97. The highest BCUT2D eigenvalue weighted by atomic mass is 32.1. The van der Waals surface area contributed by atoms with Crippen molar-refractivity contribution in [1.29, 1.82) is 0 Å². The highest BCUT2D eigenvalue weighted by Crippen LogP contribution is 2.36. The molecule has 0 bridgehead atoms. The molecule has 0 fully saturated rings. The van der Waals surface area contributed by atoms with Gasteiger partial charge in [0.05, 0.1) is 17.1 Å². The Labute approximate surface area is 149 Å². The summed E-state index contributed by atoms with van der Waals surface area (Å²) < 4.78 is 5.21. The summed E-state index contributed by atoms with van der Waals surface area (Å²) in [4.78, 5) is 10.3. The van der Waals surface area contributed by atoms with Crippen LogP contribution in [0.5, 0.6) is 11.5 Å². The highest BCUT2D eigenvalue weighted by molar-refractivity contribution is 7.80. The van der Waals surface area contributed by atoms with Gasteiger partial charge in [-0.3, -0.25) is 10.1 Å². The Bertz CT molecular complexity index is 796. The van der Waals surface area contributed by atoms with Crippen molar-refractivity contribution in [2.75, 3.05) is 11.9 Å². The summed E-state index contributed by atoms with van der Waals surface area (Å²) in [7, 11) is 0. The molecule has 9 heteroatoms. The number of para-hydroxylation sites is 1. The van der Waals surface area contributed by atoms with Gasteiger partial charge in [-0.2, -0.15) is 0 Å². The van der Waals surface area contributed by atoms with Crippen molar-refractivity contribution < 1.29 is 19.9 Å². The summed E-state index contributed by atoms with van der Waals surface area (Å²) in [5, 5.41) is 26.9. The number of nitrogens with one attached hydrogen (secondary N) is 3. The molecule has 4 N–H and O–H groups in total. The lowest BCUT2D eigenvalue weighted by atomic mass is 10.2. The smallest absolute Gasteiger partial charge is 0.315 e. The first kappa shape index (κ1) is 18.1. The number of aromatic hydroxyl groups is 1. The van der Waals surface area contributed by atoms with Crippen LogP contribution in [-0.2, 0) is 0 Å². The van der Waals surface area contributed by atoms with Crippen molar-refractivity contribution in [3.63, 3.8) is 0 Å². The van der Waals surface area contributed by atoms with Crippen LogP contribution in [-0.4, -0.2) is 28.0 Å². The number of hydrazine groups is 1. The fourth-order valence-corrected chi connectivity index (χ4v) is 2.15. The molecule has 0 atom stereocenters. The average molecular weight is 361 g/mol. The van der Waals surface area contributed by atoms with E-state index in [1.807, 2.05) is 30.3 Å². The van der Waals surface area contributed by atoms with E-state index in [1.165, 1.54) is 18.3 Å². The Kier molecular flexibility index (Phi) is 6.24. The Hall–Kier alpha value is -3.20. The Morgan fingerprint density at radius 1 is 1.40 bits per heavy atom. The molecular formula is C16H17N4O4S+. The van der Waals surface area contributed by atoms with Crippen molar-refractivity contribution in [2.45, 2.75) is 6.92 Å². The summed E-state index contributed by atoms with van der Waals surface area (Å²) in [5.74, 6) is -0.465. The molecule has 0 aliphatic heterocycles. The lowest BCUT2D eigenvalue weighted by Crippen LogP contribution is -2.82. The topological polar surface area (TPSA) is 111 Å². The molecule has 2 aromatic carbocycles. The third-order valence-electron chi connectivity index (χ3n) is 3.03. The first-order chi connectivity index (χ1) is 12.0. The van der Waals surface area contributed by atoms with Crippen molar-refractivity contribution in [3.05, 3.63) is 58.1 Å². The van der Waals surface area contributed by atoms with Crippen LogP contribution in [0, 0.1) is 10.1 Å². The minimum absolute atomic E-state index is 0.0368. The quantitative estimate of drug-likeness (QED) is 0.264. The molecule has 130 valence electrons. The molecule has 0 unspecified atom stereocenters. The van der Waals surface area contributed by atoms with E-state index in [0.29, 0.717) is 10.7 Å². The number of phenols is 1. The maximum atomic E-state index is 11.0. The van der Waals surface area contributed by atoms with E-state index in [1.54, 1.807) is 6.92 Å². The number of nitro groups is 1. The van der Waals surface area contributed by atoms with Gasteiger partial charge in [0.25, 0.3) is 0 Å². The number of nitro benzene ring substituents is 1. The number of benzene rings is 2. The molecule has 0 radical (unpaired) electrons. The van der Waals surface area contributed by atoms with Crippen LogP contribution in [0.1, 0.15) is 12.5 Å². The van der Waals surface area contributed by atoms with Crippen molar-refractivity contribution >= 4 is 34.9 Å². The summed E-state index contributed by atoms with van der Waals surface area (Å²) in [6, 6.07) is 12.0. The summed E-state index contributed by atoms with van der Waals surface area (Å²) in [6.45, 7) is 1.99. The number of hydrazone groups is 1. The Morgan fingerprint density at radius 3 is 2.76 bits per heavy atom. The van der Waals surface area contributed by atoms with Gasteiger partial charge in [-0.15, -0.1) is 10.5 Å². The number of thiocarbonyl (C=S) groups is 1. The van der Waals surface area contributed by atoms with Crippen LogP contribution in [0.3, 0.4) is 0 Å². The average Bonchev–Trinajstić information content (AvgIpc) is 2.58. The summed E-state index contributed by atoms with van der Waals surface area (Å²) in [6.07, 6.45) is 1.47. The zero-order chi connectivity index (χ0) is 18.2. The second-order valence-corrected chi connectivity index (χ2v) is 5.22. The van der Waals surface area contributed by atoms with E-state index < -0.39 is 16.4 Å². The molecule has 0 spiro atoms. The predicted octanol–water partition coefficient (Wildman–Crippen LogP) is 1.10. The molecule has 0 heterocycles. The van der Waals surface area contributed by atoms with E-state index in [4.69, 9.17) is 17.0 Å². The zero-order valence-corrected chi connectivity index (χ0v) is 14.2. The van der Waals surface area contributed by atoms with E-state index in [-0.39, 0.29) is 12.4 Å². The van der Waals surface area contributed by atoms with Crippen LogP contribution in [0.2, 0.25) is 0 Å². The summed E-state index contributed by atoms with van der Waals surface area (Å²) in [5.41, 5.74) is 3.55. The Morgan fingerprint density at radius 2 is 2.12 bits per heavy atom. The van der Waals surface area contributed by atoms with Crippen LogP contribution in [0.15, 0.2) is 42.5 Å². The molecule has 2 rings (SSSR count). The lowest BCUT2D eigenvalue weighted by molar-refractivity contribution is -0.499. The van der Waals surface area contributed by atoms with Gasteiger partial charge < -0.3 is 15.2 Å². The first-order valence-electron chi connectivity index (χ1n) is 7.36. The normalized spacial score (nSPS) is 10.4. The van der Waals surface area contributed by atoms with Crippen LogP contribution < -0.4 is 20.6 Å². The molecule has 8 nitrogen and oxygen atoms in total. The molecule has 2 aromatic rings. The molecule has 25 heavy (non-hydrogen) atoms.